The second-order valence-electron chi connectivity index (χ2n) is 9.21. The summed E-state index contributed by atoms with van der Waals surface area (Å²) in [7, 11) is 0. The van der Waals surface area contributed by atoms with Crippen molar-refractivity contribution in [2.24, 2.45) is 5.92 Å². The number of pyridine rings is 1. The number of hydrogen-bond acceptors (Lipinski definition) is 5. The van der Waals surface area contributed by atoms with Gasteiger partial charge in [-0.05, 0) is 97.5 Å². The lowest BCUT2D eigenvalue weighted by Crippen LogP contribution is -2.52. The van der Waals surface area contributed by atoms with Crippen molar-refractivity contribution in [1.82, 2.24) is 20.1 Å². The minimum Gasteiger partial charge on any atom is -0.334 e. The summed E-state index contributed by atoms with van der Waals surface area (Å²) in [5, 5.41) is 19.7. The maximum atomic E-state index is 13.5. The Morgan fingerprint density at radius 1 is 1.25 bits per heavy atom. The molecule has 1 saturated carbocycles. The number of nitriles is 1. The van der Waals surface area contributed by atoms with Crippen LogP contribution in [-0.4, -0.2) is 32.1 Å². The molecule has 1 unspecified atom stereocenters. The summed E-state index contributed by atoms with van der Waals surface area (Å²) >= 11 is 2.11. The van der Waals surface area contributed by atoms with E-state index in [2.05, 4.69) is 49.4 Å². The van der Waals surface area contributed by atoms with Crippen molar-refractivity contribution in [1.29, 1.82) is 5.26 Å². The maximum Gasteiger partial charge on any atom is 0.274 e. The van der Waals surface area contributed by atoms with Gasteiger partial charge in [0.2, 0.25) is 0 Å². The molecule has 0 bridgehead atoms. The largest absolute Gasteiger partial charge is 0.334 e. The Morgan fingerprint density at radius 3 is 2.61 bits per heavy atom. The number of carbonyl (C=O) groups excluding carboxylic acids is 2. The minimum absolute atomic E-state index is 0.0865. The van der Waals surface area contributed by atoms with Crippen molar-refractivity contribution in [2.45, 2.75) is 52.2 Å². The zero-order valence-corrected chi connectivity index (χ0v) is 22.4. The zero-order valence-electron chi connectivity index (χ0n) is 20.2. The van der Waals surface area contributed by atoms with Crippen LogP contribution in [0.2, 0.25) is 0 Å². The molecular weight excluding hydrogens is 574 g/mol. The van der Waals surface area contributed by atoms with Crippen molar-refractivity contribution in [3.05, 3.63) is 68.2 Å². The van der Waals surface area contributed by atoms with E-state index >= 15 is 0 Å². The Morgan fingerprint density at radius 2 is 2.00 bits per heavy atom. The van der Waals surface area contributed by atoms with Crippen molar-refractivity contribution < 1.29 is 14.0 Å². The van der Waals surface area contributed by atoms with E-state index in [1.54, 1.807) is 32.2 Å². The van der Waals surface area contributed by atoms with Crippen LogP contribution in [0.1, 0.15) is 63.9 Å². The van der Waals surface area contributed by atoms with Crippen LogP contribution in [0.5, 0.6) is 0 Å². The lowest BCUT2D eigenvalue weighted by atomic mass is 9.72. The lowest BCUT2D eigenvalue weighted by Gasteiger charge is -2.38. The second-order valence-corrected chi connectivity index (χ2v) is 10.5. The van der Waals surface area contributed by atoms with Gasteiger partial charge in [-0.1, -0.05) is 12.5 Å². The Balaban J connectivity index is 1.70. The number of hydrogen-bond donors (Lipinski definition) is 2. The monoisotopic (exact) mass is 600 g/mol. The number of nitrogens with one attached hydrogen (secondary N) is 2. The topological polar surface area (TPSA) is 113 Å². The minimum atomic E-state index is -1.00. The number of aryl methyl sites for hydroxylation is 2. The van der Waals surface area contributed by atoms with E-state index in [0.717, 1.165) is 28.4 Å². The van der Waals surface area contributed by atoms with Gasteiger partial charge in [0.15, 0.2) is 5.82 Å². The molecule has 8 nitrogen and oxygen atoms in total. The Bertz CT molecular complexity index is 1380. The number of nitrogens with zero attached hydrogens (tertiary/aromatic N) is 4. The van der Waals surface area contributed by atoms with Gasteiger partial charge in [-0.15, -0.1) is 0 Å². The molecule has 1 aromatic carbocycles. The highest BCUT2D eigenvalue weighted by Crippen LogP contribution is 2.36. The molecule has 4 rings (SSSR count). The average molecular weight is 600 g/mol. The summed E-state index contributed by atoms with van der Waals surface area (Å²) in [6, 6.07) is 10.7. The molecule has 0 saturated heterocycles. The van der Waals surface area contributed by atoms with Crippen LogP contribution >= 0.6 is 22.6 Å². The molecule has 1 aliphatic carbocycles. The molecule has 2 amide bonds. The number of benzene rings is 1. The van der Waals surface area contributed by atoms with E-state index in [1.165, 1.54) is 10.7 Å². The molecule has 2 N–H and O–H groups in total. The smallest absolute Gasteiger partial charge is 0.274 e. The van der Waals surface area contributed by atoms with Crippen LogP contribution in [0.4, 0.5) is 10.1 Å². The van der Waals surface area contributed by atoms with E-state index in [9.17, 15) is 19.2 Å². The van der Waals surface area contributed by atoms with Gasteiger partial charge in [0.25, 0.3) is 11.8 Å². The summed E-state index contributed by atoms with van der Waals surface area (Å²) in [4.78, 5) is 31.2. The summed E-state index contributed by atoms with van der Waals surface area (Å²) in [5.74, 6) is -0.512. The second kappa shape index (κ2) is 10.3. The number of halogens is 2. The number of aromatic nitrogens is 3. The van der Waals surface area contributed by atoms with Gasteiger partial charge in [-0.2, -0.15) is 10.4 Å². The highest BCUT2D eigenvalue weighted by atomic mass is 127. The molecular formula is C26H26FIN6O2. The van der Waals surface area contributed by atoms with Crippen molar-refractivity contribution >= 4 is 40.1 Å². The summed E-state index contributed by atoms with van der Waals surface area (Å²) in [5.41, 5.74) is 1.18. The fourth-order valence-electron chi connectivity index (χ4n) is 4.29. The molecule has 1 atom stereocenters. The van der Waals surface area contributed by atoms with E-state index in [1.807, 2.05) is 19.1 Å². The SMILES string of the molecule is Cc1cccnc1-n1nc(CF)cc1C(=O)Nc1c(C)cc(I)cc1C(=O)NC(C)(C#N)C1CCC1. The fraction of sp³-hybridized carbons (Fsp3) is 0.346. The maximum absolute atomic E-state index is 13.5. The highest BCUT2D eigenvalue weighted by molar-refractivity contribution is 14.1. The first-order valence-electron chi connectivity index (χ1n) is 11.6. The third kappa shape index (κ3) is 4.97. The van der Waals surface area contributed by atoms with Crippen molar-refractivity contribution in [3.8, 4) is 11.9 Å². The first-order valence-corrected chi connectivity index (χ1v) is 12.7. The third-order valence-electron chi connectivity index (χ3n) is 6.62. The van der Waals surface area contributed by atoms with Gasteiger partial charge in [-0.25, -0.2) is 14.1 Å². The van der Waals surface area contributed by atoms with E-state index < -0.39 is 24.0 Å². The molecule has 2 aromatic heterocycles. The number of rotatable bonds is 7. The third-order valence-corrected chi connectivity index (χ3v) is 7.25. The predicted molar refractivity (Wildman–Crippen MR) is 142 cm³/mol. The summed E-state index contributed by atoms with van der Waals surface area (Å²) < 4.78 is 15.6. The Labute approximate surface area is 222 Å². The Kier molecular flexibility index (Phi) is 7.40. The zero-order chi connectivity index (χ0) is 26.0. The van der Waals surface area contributed by atoms with Gasteiger partial charge in [0, 0.05) is 9.77 Å². The average Bonchev–Trinajstić information content (AvgIpc) is 3.24. The molecule has 3 aromatic rings. The Hall–Kier alpha value is -3.33. The van der Waals surface area contributed by atoms with Gasteiger partial charge in [0.05, 0.1) is 23.0 Å². The van der Waals surface area contributed by atoms with Gasteiger partial charge in [-0.3, -0.25) is 9.59 Å². The van der Waals surface area contributed by atoms with Crippen LogP contribution in [0, 0.1) is 34.7 Å². The number of alkyl halides is 1. The molecule has 2 heterocycles. The van der Waals surface area contributed by atoms with Crippen LogP contribution in [0.3, 0.4) is 0 Å². The lowest BCUT2D eigenvalue weighted by molar-refractivity contribution is 0.0866. The molecule has 1 fully saturated rings. The highest BCUT2D eigenvalue weighted by Gasteiger charge is 2.40. The standard InChI is InChI=1S/C26H26FIN6O2/c1-15-6-5-9-30-23(15)34-21(12-19(13-27)33-34)25(36)31-22-16(2)10-18(28)11-20(22)24(35)32-26(3,14-29)17-7-4-8-17/h5-6,9-12,17H,4,7-8,13H2,1-3H3,(H,31,36)(H,32,35). The molecule has 0 aliphatic heterocycles. The van der Waals surface area contributed by atoms with Gasteiger partial charge in [0.1, 0.15) is 17.9 Å². The molecule has 1 aliphatic rings. The van der Waals surface area contributed by atoms with Crippen LogP contribution in [0.15, 0.2) is 36.5 Å². The van der Waals surface area contributed by atoms with Crippen LogP contribution < -0.4 is 10.6 Å². The van der Waals surface area contributed by atoms with E-state index in [-0.39, 0.29) is 22.9 Å². The van der Waals surface area contributed by atoms with Crippen LogP contribution in [-0.2, 0) is 6.67 Å². The first-order chi connectivity index (χ1) is 17.2. The number of amides is 2. The van der Waals surface area contributed by atoms with Gasteiger partial charge >= 0.3 is 0 Å². The van der Waals surface area contributed by atoms with Crippen LogP contribution in [0.25, 0.3) is 5.82 Å². The summed E-state index contributed by atoms with van der Waals surface area (Å²) in [6.45, 7) is 4.50. The normalized spacial score (nSPS) is 14.9. The van der Waals surface area contributed by atoms with E-state index in [4.69, 9.17) is 0 Å². The molecule has 10 heteroatoms. The molecule has 36 heavy (non-hydrogen) atoms. The van der Waals surface area contributed by atoms with Gasteiger partial charge < -0.3 is 10.6 Å². The molecule has 0 radical (unpaired) electrons. The van der Waals surface area contributed by atoms with Crippen molar-refractivity contribution in [2.75, 3.05) is 5.32 Å². The molecule has 186 valence electrons. The summed E-state index contributed by atoms with van der Waals surface area (Å²) in [6.07, 6.45) is 4.37. The first kappa shape index (κ1) is 25.8. The van der Waals surface area contributed by atoms with Crippen molar-refractivity contribution in [3.63, 3.8) is 0 Å². The molecule has 0 spiro atoms. The fourth-order valence-corrected chi connectivity index (χ4v) is 5.07. The number of anilines is 1. The van der Waals surface area contributed by atoms with E-state index in [0.29, 0.717) is 17.1 Å². The predicted octanol–water partition coefficient (Wildman–Crippen LogP) is 5.02. The number of carbonyl (C=O) groups is 2. The quantitative estimate of drug-likeness (QED) is 0.370.